The second kappa shape index (κ2) is 16.5. The normalized spacial score (nSPS) is 41.1. The zero-order valence-corrected chi connectivity index (χ0v) is 26.1. The molecule has 3 rings (SSSR count). The van der Waals surface area contributed by atoms with Gasteiger partial charge in [0.05, 0.1) is 19.8 Å². The number of aliphatic hydroxyl groups is 7. The maximum atomic E-state index is 12.0. The lowest BCUT2D eigenvalue weighted by atomic mass is 9.94. The van der Waals surface area contributed by atoms with Crippen LogP contribution in [0, 0.1) is 0 Å². The summed E-state index contributed by atoms with van der Waals surface area (Å²) in [7, 11) is -5.00. The molecule has 0 aromatic carbocycles. The second-order valence-corrected chi connectivity index (χ2v) is 12.2. The Morgan fingerprint density at radius 1 is 0.660 bits per heavy atom. The summed E-state index contributed by atoms with van der Waals surface area (Å²) < 4.78 is 63.1. The molecular formula is C24H41N3O19S. The van der Waals surface area contributed by atoms with Crippen molar-refractivity contribution in [1.82, 2.24) is 16.0 Å². The highest BCUT2D eigenvalue weighted by Crippen LogP contribution is 2.30. The van der Waals surface area contributed by atoms with Crippen LogP contribution in [0.5, 0.6) is 0 Å². The number of nitrogens with one attached hydrogen (secondary N) is 3. The van der Waals surface area contributed by atoms with E-state index in [4.69, 9.17) is 28.2 Å². The molecule has 0 spiro atoms. The van der Waals surface area contributed by atoms with E-state index in [9.17, 15) is 58.5 Å². The summed E-state index contributed by atoms with van der Waals surface area (Å²) in [6.45, 7) is 0.702. The Morgan fingerprint density at radius 2 is 1.13 bits per heavy atom. The molecular weight excluding hydrogens is 666 g/mol. The number of hydrogen-bond acceptors (Lipinski definition) is 18. The molecule has 3 fully saturated rings. The predicted molar refractivity (Wildman–Crippen MR) is 146 cm³/mol. The van der Waals surface area contributed by atoms with Crippen molar-refractivity contribution in [1.29, 1.82) is 0 Å². The smallest absolute Gasteiger partial charge is 0.394 e. The van der Waals surface area contributed by atoms with Gasteiger partial charge in [0.2, 0.25) is 17.7 Å². The molecule has 47 heavy (non-hydrogen) atoms. The fraction of sp³-hybridized carbons (Fsp3) is 0.875. The zero-order valence-electron chi connectivity index (χ0n) is 25.3. The van der Waals surface area contributed by atoms with Crippen LogP contribution in [-0.2, 0) is 52.7 Å². The van der Waals surface area contributed by atoms with E-state index in [1.807, 2.05) is 0 Å². The van der Waals surface area contributed by atoms with Crippen LogP contribution in [0.1, 0.15) is 20.8 Å². The summed E-state index contributed by atoms with van der Waals surface area (Å²) >= 11 is 0. The lowest BCUT2D eigenvalue weighted by Crippen LogP contribution is -2.69. The monoisotopic (exact) mass is 707 g/mol. The molecule has 23 heteroatoms. The SMILES string of the molecule is CC(=O)N[C@H]1C(OC[C@H]2OC(O)[C@H](NC(C)=O)[C@@H](OC3O[C@H](CO)[C@@H](O)[C@H](O)[C@H]3NC(C)=O)[C@H]2O)O[C@H](COS(=O)(=O)O)[C@@H](O)[C@@H]1O. The van der Waals surface area contributed by atoms with E-state index in [0.717, 1.165) is 20.8 Å². The minimum absolute atomic E-state index is 0.688. The van der Waals surface area contributed by atoms with Gasteiger partial charge in [-0.1, -0.05) is 0 Å². The molecule has 3 aliphatic heterocycles. The standard InChI is InChI=1S/C24H41N3O19S/c1-7(29)25-13-19(35)17(33)12(6-42-47(38,39)40)45-23(13)41-5-11-18(34)21(15(22(37)43-11)27-9(3)31)46-24-14(26-8(2)30)20(36)16(32)10(4-28)44-24/h10-24,28,32-37H,4-6H2,1-3H3,(H,25,29)(H,26,30)(H,27,31)(H,38,39,40)/t10-,11-,12-,13-,14-,15-,16-,17-,18+,19-,20-,21-,22?,23?,24?/m1/s1. The lowest BCUT2D eigenvalue weighted by molar-refractivity contribution is -0.331. The molecule has 3 amide bonds. The molecule has 272 valence electrons. The van der Waals surface area contributed by atoms with Crippen molar-refractivity contribution in [2.45, 2.75) is 113 Å². The number of amides is 3. The molecule has 3 unspecified atom stereocenters. The van der Waals surface area contributed by atoms with Gasteiger partial charge >= 0.3 is 10.4 Å². The van der Waals surface area contributed by atoms with E-state index in [1.165, 1.54) is 0 Å². The first-order valence-electron chi connectivity index (χ1n) is 14.2. The van der Waals surface area contributed by atoms with Gasteiger partial charge in [-0.15, -0.1) is 0 Å². The number of carbonyl (C=O) groups is 3. The van der Waals surface area contributed by atoms with Crippen molar-refractivity contribution < 1.29 is 91.0 Å². The second-order valence-electron chi connectivity index (χ2n) is 11.1. The fourth-order valence-corrected chi connectivity index (χ4v) is 5.61. The molecule has 0 aromatic rings. The molecule has 0 aromatic heterocycles. The van der Waals surface area contributed by atoms with E-state index in [-0.39, 0.29) is 0 Å². The number of hydrogen-bond donors (Lipinski definition) is 11. The van der Waals surface area contributed by atoms with Gasteiger partial charge in [-0.3, -0.25) is 18.9 Å². The Bertz CT molecular complexity index is 1200. The largest absolute Gasteiger partial charge is 0.397 e. The van der Waals surface area contributed by atoms with Crippen LogP contribution in [-0.4, -0.2) is 178 Å². The third-order valence-electron chi connectivity index (χ3n) is 7.48. The molecule has 0 radical (unpaired) electrons. The van der Waals surface area contributed by atoms with Crippen molar-refractivity contribution in [2.75, 3.05) is 19.8 Å². The molecule has 11 N–H and O–H groups in total. The van der Waals surface area contributed by atoms with Gasteiger partial charge in [-0.25, -0.2) is 4.18 Å². The van der Waals surface area contributed by atoms with Gasteiger partial charge in [0, 0.05) is 20.8 Å². The number of carbonyl (C=O) groups excluding carboxylic acids is 3. The summed E-state index contributed by atoms with van der Waals surface area (Å²) in [6.07, 6.45) is -20.6. The van der Waals surface area contributed by atoms with Crippen molar-refractivity contribution >= 4 is 28.1 Å². The van der Waals surface area contributed by atoms with E-state index in [1.54, 1.807) is 0 Å². The summed E-state index contributed by atoms with van der Waals surface area (Å²) in [4.78, 5) is 35.6. The van der Waals surface area contributed by atoms with Gasteiger partial charge in [-0.2, -0.15) is 8.42 Å². The Balaban J connectivity index is 1.85. The van der Waals surface area contributed by atoms with Crippen LogP contribution < -0.4 is 16.0 Å². The van der Waals surface area contributed by atoms with E-state index in [2.05, 4.69) is 20.1 Å². The van der Waals surface area contributed by atoms with E-state index in [0.29, 0.717) is 0 Å². The maximum absolute atomic E-state index is 12.0. The molecule has 3 heterocycles. The number of rotatable bonds is 12. The van der Waals surface area contributed by atoms with Gasteiger partial charge < -0.3 is 75.4 Å². The van der Waals surface area contributed by atoms with Gasteiger partial charge in [0.25, 0.3) is 0 Å². The highest BCUT2D eigenvalue weighted by molar-refractivity contribution is 7.80. The summed E-state index contributed by atoms with van der Waals surface area (Å²) in [5.41, 5.74) is 0. The molecule has 3 aliphatic rings. The van der Waals surface area contributed by atoms with Gasteiger partial charge in [0.1, 0.15) is 73.1 Å². The van der Waals surface area contributed by atoms with Crippen molar-refractivity contribution in [2.24, 2.45) is 0 Å². The predicted octanol–water partition coefficient (Wildman–Crippen LogP) is -7.31. The first-order chi connectivity index (χ1) is 21.8. The molecule has 15 atom stereocenters. The quantitative estimate of drug-likeness (QED) is 0.0839. The minimum Gasteiger partial charge on any atom is -0.394 e. The van der Waals surface area contributed by atoms with Crippen molar-refractivity contribution in [3.8, 4) is 0 Å². The lowest BCUT2D eigenvalue weighted by Gasteiger charge is -2.48. The molecule has 0 aliphatic carbocycles. The Kier molecular flexibility index (Phi) is 13.7. The van der Waals surface area contributed by atoms with Crippen LogP contribution in [0.4, 0.5) is 0 Å². The van der Waals surface area contributed by atoms with Gasteiger partial charge in [0.15, 0.2) is 18.9 Å². The van der Waals surface area contributed by atoms with E-state index >= 15 is 0 Å². The highest BCUT2D eigenvalue weighted by atomic mass is 32.3. The average Bonchev–Trinajstić information content (AvgIpc) is 2.96. The third kappa shape index (κ3) is 10.2. The minimum atomic E-state index is -5.00. The third-order valence-corrected chi connectivity index (χ3v) is 7.92. The number of aliphatic hydroxyl groups excluding tert-OH is 7. The first-order valence-corrected chi connectivity index (χ1v) is 15.6. The molecule has 3 saturated heterocycles. The molecule has 0 bridgehead atoms. The van der Waals surface area contributed by atoms with Crippen molar-refractivity contribution in [3.63, 3.8) is 0 Å². The summed E-state index contributed by atoms with van der Waals surface area (Å²) in [6, 6.07) is -4.49. The van der Waals surface area contributed by atoms with Gasteiger partial charge in [-0.05, 0) is 0 Å². The Labute approximate surface area is 267 Å². The van der Waals surface area contributed by atoms with E-state index < -0.39 is 140 Å². The molecule has 0 saturated carbocycles. The van der Waals surface area contributed by atoms with Crippen LogP contribution in [0.15, 0.2) is 0 Å². The summed E-state index contributed by atoms with van der Waals surface area (Å²) in [5.74, 6) is -2.11. The Morgan fingerprint density at radius 3 is 1.64 bits per heavy atom. The Hall–Kier alpha value is -2.20. The molecule has 22 nitrogen and oxygen atoms in total. The van der Waals surface area contributed by atoms with Crippen molar-refractivity contribution in [3.05, 3.63) is 0 Å². The first kappa shape index (κ1) is 39.2. The topological polar surface area (TPSA) is 339 Å². The number of ether oxygens (including phenoxy) is 5. The fourth-order valence-electron chi connectivity index (χ4n) is 5.31. The maximum Gasteiger partial charge on any atom is 0.397 e. The van der Waals surface area contributed by atoms with Crippen LogP contribution in [0.2, 0.25) is 0 Å². The zero-order chi connectivity index (χ0) is 35.4. The van der Waals surface area contributed by atoms with Crippen LogP contribution in [0.3, 0.4) is 0 Å². The van der Waals surface area contributed by atoms with Crippen LogP contribution in [0.25, 0.3) is 0 Å². The average molecular weight is 708 g/mol. The highest BCUT2D eigenvalue weighted by Gasteiger charge is 2.52. The van der Waals surface area contributed by atoms with Crippen LogP contribution >= 0.6 is 0 Å². The summed E-state index contributed by atoms with van der Waals surface area (Å²) in [5, 5.41) is 80.7.